The average molecular weight is 1410 g/mol. The number of thiazole rings is 1. The number of hydrogen-bond acceptors (Lipinski definition) is 17. The Hall–Kier alpha value is -10.3. The number of nitrogens with two attached hydrogens (primary N) is 2. The number of carboxylic acid groups (broad SMARTS) is 2. The van der Waals surface area contributed by atoms with Crippen LogP contribution in [0.15, 0.2) is 115 Å². The fraction of sp³-hybridized carbons (Fsp3) is 0.427. The highest BCUT2D eigenvalue weighted by Gasteiger charge is 2.66. The number of aliphatic carboxylic acids is 1. The lowest BCUT2D eigenvalue weighted by Gasteiger charge is -2.69. The second-order valence-corrected chi connectivity index (χ2v) is 29.7. The number of aromatic carboxylic acids is 1. The fourth-order valence-electron chi connectivity index (χ4n) is 16.5. The first-order chi connectivity index (χ1) is 48.6. The quantitative estimate of drug-likeness (QED) is 0.0157. The van der Waals surface area contributed by atoms with Crippen LogP contribution < -0.4 is 32.3 Å². The van der Waals surface area contributed by atoms with Crippen molar-refractivity contribution in [3.05, 3.63) is 138 Å². The Bertz CT molecular complexity index is 4380. The van der Waals surface area contributed by atoms with E-state index >= 15 is 0 Å². The van der Waals surface area contributed by atoms with Crippen molar-refractivity contribution in [2.75, 3.05) is 43.0 Å². The summed E-state index contributed by atoms with van der Waals surface area (Å²) in [6.07, 6.45) is 9.86. The van der Waals surface area contributed by atoms with E-state index in [1.807, 2.05) is 66.2 Å². The number of carbonyl (C=O) groups excluding carboxylic acids is 8. The number of urea groups is 1. The molecule has 9 N–H and O–H groups in total. The minimum absolute atomic E-state index is 0.0212. The number of hydrogen-bond donors (Lipinski definition) is 7. The number of carboxylic acids is 2. The average Bonchev–Trinajstić information content (AvgIpc) is 0.740. The molecule has 5 aliphatic rings. The van der Waals surface area contributed by atoms with Gasteiger partial charge in [-0.25, -0.2) is 29.3 Å². The van der Waals surface area contributed by atoms with Gasteiger partial charge in [-0.1, -0.05) is 94.0 Å². The maximum absolute atomic E-state index is 14.2. The van der Waals surface area contributed by atoms with Gasteiger partial charge in [-0.15, -0.1) is 0 Å². The second-order valence-electron chi connectivity index (χ2n) is 28.7. The fourth-order valence-corrected chi connectivity index (χ4v) is 17.3. The molecule has 2 unspecified atom stereocenters. The van der Waals surface area contributed by atoms with Crippen LogP contribution >= 0.6 is 11.3 Å². The molecule has 536 valence electrons. The minimum atomic E-state index is -1.29. The number of rotatable bonds is 31. The third kappa shape index (κ3) is 16.5. The number of imide groups is 2. The van der Waals surface area contributed by atoms with Crippen molar-refractivity contribution in [3.8, 4) is 22.4 Å². The predicted molar refractivity (Wildman–Crippen MR) is 382 cm³/mol. The Labute approximate surface area is 593 Å². The van der Waals surface area contributed by atoms with Crippen molar-refractivity contribution in [1.29, 1.82) is 0 Å². The molecule has 4 atom stereocenters. The van der Waals surface area contributed by atoms with Gasteiger partial charge >= 0.3 is 24.1 Å². The van der Waals surface area contributed by atoms with Crippen molar-refractivity contribution < 1.29 is 67.6 Å². The zero-order valence-electron chi connectivity index (χ0n) is 57.8. The normalized spacial score (nSPS) is 20.2. The molecule has 4 saturated carbocycles. The highest BCUT2D eigenvalue weighted by atomic mass is 32.1. The molecule has 4 heterocycles. The summed E-state index contributed by atoms with van der Waals surface area (Å²) in [6, 6.07) is 24.6. The lowest BCUT2D eigenvalue weighted by atomic mass is 9.39. The third-order valence-electron chi connectivity index (χ3n) is 19.9. The summed E-state index contributed by atoms with van der Waals surface area (Å²) >= 11 is 1.38. The monoisotopic (exact) mass is 1410 g/mol. The number of nitrogens with zero attached hydrogens (tertiary/aromatic N) is 7. The van der Waals surface area contributed by atoms with E-state index in [9.17, 15) is 58.2 Å². The van der Waals surface area contributed by atoms with Crippen molar-refractivity contribution in [2.24, 2.45) is 33.6 Å². The number of aromatic nitrogens is 4. The number of amides is 9. The Morgan fingerprint density at radius 3 is 2.20 bits per heavy atom. The maximum atomic E-state index is 14.2. The van der Waals surface area contributed by atoms with Crippen LogP contribution in [0, 0.1) is 29.1 Å². The van der Waals surface area contributed by atoms with Gasteiger partial charge in [0.1, 0.15) is 18.7 Å². The van der Waals surface area contributed by atoms with Gasteiger partial charge in [0.05, 0.1) is 46.4 Å². The van der Waals surface area contributed by atoms with Gasteiger partial charge in [0, 0.05) is 72.7 Å². The van der Waals surface area contributed by atoms with E-state index in [0.29, 0.717) is 81.2 Å². The van der Waals surface area contributed by atoms with Gasteiger partial charge in [0.25, 0.3) is 23.6 Å². The first-order valence-electron chi connectivity index (χ1n) is 34.5. The lowest BCUT2D eigenvalue weighted by molar-refractivity contribution is -0.248. The molecule has 0 saturated heterocycles. The highest BCUT2D eigenvalue weighted by molar-refractivity contribution is 7.22. The number of nitrogens with one attached hydrogen (secondary N) is 3. The summed E-state index contributed by atoms with van der Waals surface area (Å²) < 4.78 is 15.7. The minimum Gasteiger partial charge on any atom is -0.481 e. The molecule has 7 aromatic rings. The number of para-hydroxylation sites is 1. The van der Waals surface area contributed by atoms with E-state index in [-0.39, 0.29) is 110 Å². The van der Waals surface area contributed by atoms with Gasteiger partial charge in [0.15, 0.2) is 10.8 Å². The SMILES string of the molecule is Cc1c(-c2ccc(-c3ccc4cccc(C(=O)Nc5nc6ccccc6s5)c4c3)nc2C(=O)O)cnn1CC12CC3(C)CC(C)(C1)CC(OCCN(CCC(=O)O)C(=O)OCc1ccc(N(C(N)=O)C(=O)[C@H](CCCN)NC(=O)[C@@H](NC(=O)CCCCCN4C(=O)C=CC4=O)C(C)C)cc1)(C3)C2. The molecule has 27 heteroatoms. The van der Waals surface area contributed by atoms with Gasteiger partial charge in [-0.05, 0) is 165 Å². The molecule has 12 rings (SSSR count). The van der Waals surface area contributed by atoms with E-state index in [1.54, 1.807) is 38.2 Å². The van der Waals surface area contributed by atoms with Crippen LogP contribution in [0.4, 0.5) is 20.4 Å². The Morgan fingerprint density at radius 2 is 1.51 bits per heavy atom. The summed E-state index contributed by atoms with van der Waals surface area (Å²) in [5.74, 6) is -5.78. The molecule has 4 aromatic carbocycles. The van der Waals surface area contributed by atoms with Crippen molar-refractivity contribution in [3.63, 3.8) is 0 Å². The van der Waals surface area contributed by atoms with Crippen LogP contribution in [0.1, 0.15) is 143 Å². The molecule has 4 aliphatic carbocycles. The standard InChI is InChI=1S/C75H86N12O14S/c1-45(2)63(82-59(88)18-7-6-10-31-85-60(89)27-28-61(85)90)66(94)80-57(16-12-30-76)67(95)87(69(77)98)50-23-19-47(20-24-50)37-100-71(99)84(32-29-62(91)92)33-34-101-75-41-72(4)38-73(5,42-75)40-74(39-72,43-75)44-86-46(3)54(36-78-86)51-25-26-55(79-64(51)68(96)97)49-22-21-48-13-11-14-52(53(48)35-49)65(93)83-70-81-56-15-8-9-17-58(56)102-70/h8-9,11,13-15,17,19-28,35-36,45,57,63H,6-7,10,12,16,18,29-34,37-44,76H2,1-5H3,(H2,77,98)(H,80,94)(H,82,88)(H,91,92)(H,96,97)(H,81,83,93)/t57-,63-,72?,73?,74?,75?/m0/s1. The van der Waals surface area contributed by atoms with E-state index in [0.717, 1.165) is 58.3 Å². The highest BCUT2D eigenvalue weighted by Crippen LogP contribution is 2.72. The molecule has 0 spiro atoms. The van der Waals surface area contributed by atoms with E-state index < -0.39 is 65.4 Å². The molecule has 1 aliphatic heterocycles. The Kier molecular flexibility index (Phi) is 21.8. The number of unbranched alkanes of at least 4 members (excludes halogenated alkanes) is 2. The van der Waals surface area contributed by atoms with Gasteiger partial charge in [-0.2, -0.15) is 5.10 Å². The molecular formula is C75H86N12O14S. The lowest BCUT2D eigenvalue weighted by Crippen LogP contribution is -2.64. The summed E-state index contributed by atoms with van der Waals surface area (Å²) in [6.45, 7) is 10.6. The first-order valence-corrected chi connectivity index (χ1v) is 35.3. The second kappa shape index (κ2) is 30.5. The number of benzene rings is 4. The van der Waals surface area contributed by atoms with E-state index in [4.69, 9.17) is 31.0 Å². The first kappa shape index (κ1) is 73.0. The topological polar surface area (TPSA) is 371 Å². The van der Waals surface area contributed by atoms with Gasteiger partial charge in [-0.3, -0.25) is 48.5 Å². The molecule has 9 amide bonds. The molecule has 0 radical (unpaired) electrons. The number of pyridine rings is 1. The largest absolute Gasteiger partial charge is 0.481 e. The summed E-state index contributed by atoms with van der Waals surface area (Å²) in [4.78, 5) is 143. The van der Waals surface area contributed by atoms with Crippen LogP contribution in [-0.2, 0) is 51.4 Å². The van der Waals surface area contributed by atoms with Crippen molar-refractivity contribution >= 4 is 103 Å². The Balaban J connectivity index is 0.713. The van der Waals surface area contributed by atoms with E-state index in [1.165, 1.54) is 52.7 Å². The number of carbonyl (C=O) groups is 10. The summed E-state index contributed by atoms with van der Waals surface area (Å²) in [7, 11) is 0. The molecular weight excluding hydrogens is 1320 g/mol. The zero-order valence-corrected chi connectivity index (χ0v) is 58.6. The predicted octanol–water partition coefficient (Wildman–Crippen LogP) is 10.1. The molecule has 3 aromatic heterocycles. The van der Waals surface area contributed by atoms with Crippen LogP contribution in [-0.4, -0.2) is 150 Å². The Morgan fingerprint density at radius 1 is 0.775 bits per heavy atom. The van der Waals surface area contributed by atoms with Crippen LogP contribution in [0.2, 0.25) is 0 Å². The number of anilines is 2. The maximum Gasteiger partial charge on any atom is 0.410 e. The van der Waals surface area contributed by atoms with Crippen LogP contribution in [0.3, 0.4) is 0 Å². The van der Waals surface area contributed by atoms with Crippen molar-refractivity contribution in [1.82, 2.24) is 40.2 Å². The smallest absolute Gasteiger partial charge is 0.410 e. The van der Waals surface area contributed by atoms with Gasteiger partial charge in [0.2, 0.25) is 11.8 Å². The molecule has 4 bridgehead atoms. The third-order valence-corrected chi connectivity index (χ3v) is 20.9. The molecule has 26 nitrogen and oxygen atoms in total. The van der Waals surface area contributed by atoms with Gasteiger partial charge < -0.3 is 46.7 Å². The number of fused-ring (bicyclic) bond motifs is 2. The van der Waals surface area contributed by atoms with Crippen LogP contribution in [0.25, 0.3) is 43.4 Å². The number of ether oxygens (including phenoxy) is 2. The number of primary amides is 1. The molecule has 4 fully saturated rings. The summed E-state index contributed by atoms with van der Waals surface area (Å²) in [5, 5.41) is 35.8. The molecule has 102 heavy (non-hydrogen) atoms. The van der Waals surface area contributed by atoms with Crippen LogP contribution in [0.5, 0.6) is 0 Å². The zero-order chi connectivity index (χ0) is 72.8. The summed E-state index contributed by atoms with van der Waals surface area (Å²) in [5.41, 5.74) is 15.0. The van der Waals surface area contributed by atoms with Crippen molar-refractivity contribution in [2.45, 2.75) is 149 Å². The van der Waals surface area contributed by atoms with E-state index in [2.05, 4.69) is 34.8 Å².